The Morgan fingerprint density at radius 1 is 0.293 bits per heavy atom. The number of hydrogen-bond donors (Lipinski definition) is 0. The third-order valence-corrected chi connectivity index (χ3v) is 12.3. The second-order valence-corrected chi connectivity index (χ2v) is 15.4. The van der Waals surface area contributed by atoms with Crippen LogP contribution in [0.25, 0.3) is 120 Å². The van der Waals surface area contributed by atoms with Crippen LogP contribution >= 0.6 is 0 Å². The van der Waals surface area contributed by atoms with E-state index in [9.17, 15) is 0 Å². The molecule has 3 aromatic heterocycles. The molecule has 4 nitrogen and oxygen atoms in total. The van der Waals surface area contributed by atoms with Crippen molar-refractivity contribution in [2.45, 2.75) is 0 Å². The van der Waals surface area contributed by atoms with Gasteiger partial charge in [0, 0.05) is 38.2 Å². The molecule has 10 aromatic carbocycles. The number of rotatable bonds is 3. The number of fused-ring (bicyclic) bond motifs is 14. The Kier molecular flexibility index (Phi) is 6.41. The minimum Gasteiger partial charge on any atom is -0.309 e. The number of hydrogen-bond acceptors (Lipinski definition) is 2. The van der Waals surface area contributed by atoms with Crippen molar-refractivity contribution in [2.75, 3.05) is 0 Å². The Morgan fingerprint density at radius 3 is 1.50 bits per heavy atom. The van der Waals surface area contributed by atoms with Gasteiger partial charge in [-0.2, -0.15) is 0 Å². The molecule has 13 rings (SSSR count). The van der Waals surface area contributed by atoms with Crippen LogP contribution < -0.4 is 0 Å². The summed E-state index contributed by atoms with van der Waals surface area (Å²) in [5, 5.41) is 15.7. The van der Waals surface area contributed by atoms with Gasteiger partial charge >= 0.3 is 0 Å². The van der Waals surface area contributed by atoms with E-state index in [-0.39, 0.29) is 0 Å². The van der Waals surface area contributed by atoms with E-state index in [0.29, 0.717) is 5.95 Å². The fraction of sp³-hybridized carbons (Fsp3) is 0. The normalized spacial score (nSPS) is 12.1. The molecule has 0 aliphatic heterocycles. The molecule has 0 saturated heterocycles. The first-order valence-corrected chi connectivity index (χ1v) is 19.8. The van der Waals surface area contributed by atoms with Crippen LogP contribution in [0, 0.1) is 0 Å². The molecule has 3 heterocycles. The summed E-state index contributed by atoms with van der Waals surface area (Å²) in [4.78, 5) is 10.9. The highest BCUT2D eigenvalue weighted by Gasteiger charge is 2.20. The van der Waals surface area contributed by atoms with E-state index in [0.717, 1.165) is 44.3 Å². The minimum absolute atomic E-state index is 0.650. The molecule has 0 N–H and O–H groups in total. The zero-order chi connectivity index (χ0) is 37.9. The van der Waals surface area contributed by atoms with E-state index in [1.165, 1.54) is 70.3 Å². The van der Waals surface area contributed by atoms with E-state index in [4.69, 9.17) is 9.97 Å². The Morgan fingerprint density at radius 2 is 0.810 bits per heavy atom. The summed E-state index contributed by atoms with van der Waals surface area (Å²) >= 11 is 0. The maximum absolute atomic E-state index is 5.54. The summed E-state index contributed by atoms with van der Waals surface area (Å²) in [6, 6.07) is 70.2. The van der Waals surface area contributed by atoms with Crippen LogP contribution in [0.3, 0.4) is 0 Å². The standard InChI is InChI=1S/C54H32N4/c1-2-14-34-31-52-46(29-33(34)13-1)47-32-36(57-49-23-11-8-19-42(49)43-20-9-12-24-50(43)57)26-28-51(47)58(52)54-55-48-22-10-7-21-44(48)53(56-54)35-25-27-41-39-17-4-3-15-37(39)38-16-5-6-18-40(38)45(41)30-35/h1-32H. The third-order valence-electron chi connectivity index (χ3n) is 12.3. The van der Waals surface area contributed by atoms with Gasteiger partial charge in [0.1, 0.15) is 0 Å². The fourth-order valence-corrected chi connectivity index (χ4v) is 9.69. The van der Waals surface area contributed by atoms with Crippen molar-refractivity contribution >= 4 is 97.6 Å². The summed E-state index contributed by atoms with van der Waals surface area (Å²) < 4.78 is 4.66. The van der Waals surface area contributed by atoms with E-state index >= 15 is 0 Å². The zero-order valence-electron chi connectivity index (χ0n) is 31.3. The summed E-state index contributed by atoms with van der Waals surface area (Å²) in [5.74, 6) is 0.650. The Labute approximate surface area is 332 Å². The van der Waals surface area contributed by atoms with Crippen LogP contribution in [0.5, 0.6) is 0 Å². The highest BCUT2D eigenvalue weighted by atomic mass is 15.2. The number of nitrogens with zero attached hydrogens (tertiary/aromatic N) is 4. The molecule has 0 radical (unpaired) electrons. The van der Waals surface area contributed by atoms with Crippen molar-refractivity contribution in [3.63, 3.8) is 0 Å². The molecular formula is C54H32N4. The largest absolute Gasteiger partial charge is 0.309 e. The van der Waals surface area contributed by atoms with Crippen LogP contribution in [0.1, 0.15) is 0 Å². The van der Waals surface area contributed by atoms with E-state index in [1.807, 2.05) is 0 Å². The fourth-order valence-electron chi connectivity index (χ4n) is 9.69. The highest BCUT2D eigenvalue weighted by molar-refractivity contribution is 6.26. The zero-order valence-corrected chi connectivity index (χ0v) is 31.3. The lowest BCUT2D eigenvalue weighted by molar-refractivity contribution is 1.01. The molecule has 4 heteroatoms. The summed E-state index contributed by atoms with van der Waals surface area (Å²) in [7, 11) is 0. The second kappa shape index (κ2) is 11.8. The Bertz CT molecular complexity index is 3780. The molecule has 268 valence electrons. The predicted octanol–water partition coefficient (Wildman–Crippen LogP) is 14.1. The smallest absolute Gasteiger partial charge is 0.235 e. The van der Waals surface area contributed by atoms with Gasteiger partial charge in [0.15, 0.2) is 0 Å². The van der Waals surface area contributed by atoms with Gasteiger partial charge in [-0.1, -0.05) is 140 Å². The van der Waals surface area contributed by atoms with Gasteiger partial charge in [-0.25, -0.2) is 9.97 Å². The second-order valence-electron chi connectivity index (χ2n) is 15.4. The molecule has 13 aromatic rings. The van der Waals surface area contributed by atoms with Gasteiger partial charge in [-0.3, -0.25) is 4.57 Å². The number of benzene rings is 10. The molecule has 0 amide bonds. The highest BCUT2D eigenvalue weighted by Crippen LogP contribution is 2.41. The molecule has 0 spiro atoms. The van der Waals surface area contributed by atoms with Gasteiger partial charge in [-0.15, -0.1) is 0 Å². The van der Waals surface area contributed by atoms with E-state index in [2.05, 4.69) is 203 Å². The van der Waals surface area contributed by atoms with Gasteiger partial charge in [0.25, 0.3) is 0 Å². The van der Waals surface area contributed by atoms with Crippen LogP contribution in [-0.2, 0) is 0 Å². The molecule has 58 heavy (non-hydrogen) atoms. The first-order valence-electron chi connectivity index (χ1n) is 19.8. The molecule has 0 fully saturated rings. The van der Waals surface area contributed by atoms with E-state index in [1.54, 1.807) is 0 Å². The van der Waals surface area contributed by atoms with Crippen molar-refractivity contribution < 1.29 is 0 Å². The van der Waals surface area contributed by atoms with E-state index < -0.39 is 0 Å². The maximum Gasteiger partial charge on any atom is 0.235 e. The Hall–Kier alpha value is -7.82. The van der Waals surface area contributed by atoms with Crippen LogP contribution in [0.2, 0.25) is 0 Å². The predicted molar refractivity (Wildman–Crippen MR) is 244 cm³/mol. The third kappa shape index (κ3) is 4.40. The van der Waals surface area contributed by atoms with Crippen LogP contribution in [0.4, 0.5) is 0 Å². The SMILES string of the molecule is c1ccc2cc3c(cc2c1)c1cc(-n2c4ccccc4c4ccccc42)ccc1n3-c1nc(-c2ccc3c4ccccc4c4ccccc4c3c2)c2ccccc2n1. The molecular weight excluding hydrogens is 705 g/mol. The van der Waals surface area contributed by atoms with Crippen molar-refractivity contribution in [1.82, 2.24) is 19.1 Å². The number of aromatic nitrogens is 4. The lowest BCUT2D eigenvalue weighted by Gasteiger charge is -2.14. The topological polar surface area (TPSA) is 35.6 Å². The molecule has 0 aliphatic carbocycles. The number of para-hydroxylation sites is 3. The maximum atomic E-state index is 5.54. The van der Waals surface area contributed by atoms with Gasteiger partial charge in [0.05, 0.1) is 33.3 Å². The lowest BCUT2D eigenvalue weighted by Crippen LogP contribution is -2.03. The van der Waals surface area contributed by atoms with Gasteiger partial charge < -0.3 is 4.57 Å². The first-order chi connectivity index (χ1) is 28.8. The summed E-state index contributed by atoms with van der Waals surface area (Å²) in [5.41, 5.74) is 8.52. The van der Waals surface area contributed by atoms with Crippen LogP contribution in [0.15, 0.2) is 194 Å². The van der Waals surface area contributed by atoms with Gasteiger partial charge in [0.2, 0.25) is 5.95 Å². The summed E-state index contributed by atoms with van der Waals surface area (Å²) in [6.07, 6.45) is 0. The average molecular weight is 737 g/mol. The quantitative estimate of drug-likeness (QED) is 0.169. The van der Waals surface area contributed by atoms with Crippen molar-refractivity contribution in [3.8, 4) is 22.9 Å². The van der Waals surface area contributed by atoms with Gasteiger partial charge in [-0.05, 0) is 97.7 Å². The monoisotopic (exact) mass is 736 g/mol. The summed E-state index contributed by atoms with van der Waals surface area (Å²) in [6.45, 7) is 0. The lowest BCUT2D eigenvalue weighted by atomic mass is 9.92. The molecule has 0 unspecified atom stereocenters. The molecule has 0 aliphatic rings. The average Bonchev–Trinajstić information content (AvgIpc) is 3.79. The Balaban J connectivity index is 1.10. The molecule has 0 atom stereocenters. The van der Waals surface area contributed by atoms with Crippen molar-refractivity contribution in [2.24, 2.45) is 0 Å². The molecule has 0 bridgehead atoms. The minimum atomic E-state index is 0.650. The molecule has 0 saturated carbocycles. The van der Waals surface area contributed by atoms with Crippen LogP contribution in [-0.4, -0.2) is 19.1 Å². The van der Waals surface area contributed by atoms with Crippen molar-refractivity contribution in [3.05, 3.63) is 194 Å². The van der Waals surface area contributed by atoms with Crippen molar-refractivity contribution in [1.29, 1.82) is 0 Å². The first kappa shape index (κ1) is 31.4.